The normalized spacial score (nSPS) is 21.8. The summed E-state index contributed by atoms with van der Waals surface area (Å²) < 4.78 is 33.3. The standard InChI is InChI=1S/C21H33N3O4S/c1-22(2)17-9-8-12-23(16-17)21(25)19-15-18(10-11-20(19)28-3)29(26,27)24-13-6-4-5-7-14-24/h10-11,15,17H,4-9,12-14,16H2,1-3H3. The molecule has 0 aliphatic carbocycles. The Morgan fingerprint density at radius 2 is 1.76 bits per heavy atom. The molecule has 2 heterocycles. The van der Waals surface area contributed by atoms with Crippen molar-refractivity contribution in [3.8, 4) is 5.75 Å². The lowest BCUT2D eigenvalue weighted by atomic mass is 10.0. The molecule has 7 nitrogen and oxygen atoms in total. The van der Waals surface area contributed by atoms with Crippen molar-refractivity contribution in [3.05, 3.63) is 23.8 Å². The van der Waals surface area contributed by atoms with Crippen LogP contribution in [0.2, 0.25) is 0 Å². The molecule has 29 heavy (non-hydrogen) atoms. The van der Waals surface area contributed by atoms with Gasteiger partial charge in [-0.1, -0.05) is 12.8 Å². The highest BCUT2D eigenvalue weighted by atomic mass is 32.2. The van der Waals surface area contributed by atoms with Gasteiger partial charge in [-0.3, -0.25) is 4.79 Å². The number of sulfonamides is 1. The Morgan fingerprint density at radius 1 is 1.07 bits per heavy atom. The van der Waals surface area contributed by atoms with Crippen LogP contribution in [0.5, 0.6) is 5.75 Å². The van der Waals surface area contributed by atoms with E-state index in [1.807, 2.05) is 19.0 Å². The lowest BCUT2D eigenvalue weighted by Gasteiger charge is -2.36. The molecule has 162 valence electrons. The number of ether oxygens (including phenoxy) is 1. The Bertz CT molecular complexity index is 817. The number of methoxy groups -OCH3 is 1. The molecule has 3 rings (SSSR count). The third-order valence-electron chi connectivity index (χ3n) is 6.02. The van der Waals surface area contributed by atoms with Crippen LogP contribution >= 0.6 is 0 Å². The SMILES string of the molecule is COc1ccc(S(=O)(=O)N2CCCCCC2)cc1C(=O)N1CCCC(N(C)C)C1. The number of carbonyl (C=O) groups excluding carboxylic acids is 1. The maximum atomic E-state index is 13.3. The fourth-order valence-corrected chi connectivity index (χ4v) is 5.72. The highest BCUT2D eigenvalue weighted by molar-refractivity contribution is 7.89. The molecule has 0 radical (unpaired) electrons. The second kappa shape index (κ2) is 9.45. The van der Waals surface area contributed by atoms with E-state index in [9.17, 15) is 13.2 Å². The predicted octanol–water partition coefficient (Wildman–Crippen LogP) is 2.43. The van der Waals surface area contributed by atoms with Gasteiger partial charge in [-0.25, -0.2) is 8.42 Å². The van der Waals surface area contributed by atoms with Crippen molar-refractivity contribution in [2.75, 3.05) is 47.4 Å². The van der Waals surface area contributed by atoms with Crippen LogP contribution in [0.3, 0.4) is 0 Å². The summed E-state index contributed by atoms with van der Waals surface area (Å²) in [5.41, 5.74) is 0.322. The zero-order chi connectivity index (χ0) is 21.0. The molecular formula is C21H33N3O4S. The summed E-state index contributed by atoms with van der Waals surface area (Å²) in [7, 11) is 1.93. The topological polar surface area (TPSA) is 70.2 Å². The van der Waals surface area contributed by atoms with Crippen molar-refractivity contribution >= 4 is 15.9 Å². The molecule has 8 heteroatoms. The van der Waals surface area contributed by atoms with E-state index in [1.165, 1.54) is 13.2 Å². The van der Waals surface area contributed by atoms with Crippen LogP contribution in [0.25, 0.3) is 0 Å². The van der Waals surface area contributed by atoms with Crippen molar-refractivity contribution in [2.45, 2.75) is 49.5 Å². The maximum absolute atomic E-state index is 13.3. The number of nitrogens with zero attached hydrogens (tertiary/aromatic N) is 3. The monoisotopic (exact) mass is 423 g/mol. The first-order chi connectivity index (χ1) is 13.8. The Balaban J connectivity index is 1.89. The van der Waals surface area contributed by atoms with Gasteiger partial charge >= 0.3 is 0 Å². The smallest absolute Gasteiger partial charge is 0.257 e. The summed E-state index contributed by atoms with van der Waals surface area (Å²) in [6, 6.07) is 4.96. The Hall–Kier alpha value is -1.64. The maximum Gasteiger partial charge on any atom is 0.257 e. The summed E-state index contributed by atoms with van der Waals surface area (Å²) in [5, 5.41) is 0. The summed E-state index contributed by atoms with van der Waals surface area (Å²) in [5.74, 6) is 0.248. The van der Waals surface area contributed by atoms with Crippen LogP contribution < -0.4 is 4.74 Å². The fourth-order valence-electron chi connectivity index (χ4n) is 4.18. The van der Waals surface area contributed by atoms with E-state index < -0.39 is 10.0 Å². The fraction of sp³-hybridized carbons (Fsp3) is 0.667. The van der Waals surface area contributed by atoms with Crippen molar-refractivity contribution in [2.24, 2.45) is 0 Å². The number of benzene rings is 1. The summed E-state index contributed by atoms with van der Waals surface area (Å²) in [4.78, 5) is 17.4. The van der Waals surface area contributed by atoms with Crippen molar-refractivity contribution in [1.29, 1.82) is 0 Å². The molecule has 0 spiro atoms. The molecule has 1 unspecified atom stereocenters. The predicted molar refractivity (Wildman–Crippen MR) is 113 cm³/mol. The summed E-state index contributed by atoms with van der Waals surface area (Å²) in [6.07, 6.45) is 5.85. The molecule has 1 aromatic rings. The van der Waals surface area contributed by atoms with E-state index in [2.05, 4.69) is 4.90 Å². The van der Waals surface area contributed by atoms with Gasteiger partial charge in [0.2, 0.25) is 10.0 Å². The van der Waals surface area contributed by atoms with Gasteiger partial charge < -0.3 is 14.5 Å². The van der Waals surface area contributed by atoms with Crippen LogP contribution in [-0.2, 0) is 10.0 Å². The van der Waals surface area contributed by atoms with E-state index in [0.717, 1.165) is 38.5 Å². The quantitative estimate of drug-likeness (QED) is 0.728. The van der Waals surface area contributed by atoms with Gasteiger partial charge in [0.05, 0.1) is 17.6 Å². The number of rotatable bonds is 5. The molecule has 0 aromatic heterocycles. The molecule has 2 saturated heterocycles. The average Bonchev–Trinajstić information content (AvgIpc) is 3.03. The van der Waals surface area contributed by atoms with Gasteiger partial charge in [0.25, 0.3) is 5.91 Å². The number of amides is 1. The number of hydrogen-bond acceptors (Lipinski definition) is 5. The molecule has 1 amide bonds. The Kier molecular flexibility index (Phi) is 7.19. The molecule has 0 bridgehead atoms. The van der Waals surface area contributed by atoms with Gasteiger partial charge in [-0.15, -0.1) is 0 Å². The van der Waals surface area contributed by atoms with Gasteiger partial charge in [0.15, 0.2) is 0 Å². The van der Waals surface area contributed by atoms with E-state index in [-0.39, 0.29) is 10.8 Å². The first-order valence-corrected chi connectivity index (χ1v) is 11.9. The lowest BCUT2D eigenvalue weighted by molar-refractivity contribution is 0.0631. The Morgan fingerprint density at radius 3 is 2.38 bits per heavy atom. The molecular weight excluding hydrogens is 390 g/mol. The molecule has 2 fully saturated rings. The minimum absolute atomic E-state index is 0.165. The van der Waals surface area contributed by atoms with Gasteiger partial charge in [0, 0.05) is 32.2 Å². The van der Waals surface area contributed by atoms with Crippen molar-refractivity contribution < 1.29 is 17.9 Å². The molecule has 0 saturated carbocycles. The van der Waals surface area contributed by atoms with Gasteiger partial charge in [-0.05, 0) is 58.0 Å². The first kappa shape index (κ1) is 22.1. The third kappa shape index (κ3) is 4.92. The van der Waals surface area contributed by atoms with Crippen LogP contribution in [0.1, 0.15) is 48.9 Å². The van der Waals surface area contributed by atoms with Crippen molar-refractivity contribution in [1.82, 2.24) is 14.1 Å². The van der Waals surface area contributed by atoms with Gasteiger partial charge in [0.1, 0.15) is 5.75 Å². The zero-order valence-electron chi connectivity index (χ0n) is 17.8. The number of likely N-dealkylation sites (tertiary alicyclic amines) is 1. The number of likely N-dealkylation sites (N-methyl/N-ethyl adjacent to an activating group) is 1. The van der Waals surface area contributed by atoms with E-state index >= 15 is 0 Å². The van der Waals surface area contributed by atoms with Crippen molar-refractivity contribution in [3.63, 3.8) is 0 Å². The molecule has 2 aliphatic heterocycles. The molecule has 0 N–H and O–H groups in total. The number of carbonyl (C=O) groups is 1. The lowest BCUT2D eigenvalue weighted by Crippen LogP contribution is -2.47. The highest BCUT2D eigenvalue weighted by Gasteiger charge is 2.30. The van der Waals surface area contributed by atoms with Crippen LogP contribution in [0, 0.1) is 0 Å². The molecule has 2 aliphatic rings. The van der Waals surface area contributed by atoms with Crippen LogP contribution in [0.4, 0.5) is 0 Å². The average molecular weight is 424 g/mol. The zero-order valence-corrected chi connectivity index (χ0v) is 18.6. The van der Waals surface area contributed by atoms with E-state index in [0.29, 0.717) is 43.5 Å². The number of hydrogen-bond donors (Lipinski definition) is 0. The van der Waals surface area contributed by atoms with E-state index in [4.69, 9.17) is 4.74 Å². The second-order valence-electron chi connectivity index (χ2n) is 8.19. The Labute approximate surface area is 174 Å². The number of piperidine rings is 1. The molecule has 1 aromatic carbocycles. The summed E-state index contributed by atoms with van der Waals surface area (Å²) >= 11 is 0. The minimum atomic E-state index is -3.62. The largest absolute Gasteiger partial charge is 0.496 e. The molecule has 1 atom stereocenters. The van der Waals surface area contributed by atoms with Gasteiger partial charge in [-0.2, -0.15) is 4.31 Å². The minimum Gasteiger partial charge on any atom is -0.496 e. The highest BCUT2D eigenvalue weighted by Crippen LogP contribution is 2.28. The third-order valence-corrected chi connectivity index (χ3v) is 7.91. The summed E-state index contributed by atoms with van der Waals surface area (Å²) in [6.45, 7) is 2.39. The van der Waals surface area contributed by atoms with Crippen LogP contribution in [0.15, 0.2) is 23.1 Å². The van der Waals surface area contributed by atoms with E-state index in [1.54, 1.807) is 16.4 Å². The second-order valence-corrected chi connectivity index (χ2v) is 10.1. The van der Waals surface area contributed by atoms with Crippen LogP contribution in [-0.4, -0.2) is 81.9 Å². The first-order valence-electron chi connectivity index (χ1n) is 10.5.